The molecule has 0 fully saturated rings. The first kappa shape index (κ1) is 17.2. The molecule has 8 nitrogen and oxygen atoms in total. The van der Waals surface area contributed by atoms with Gasteiger partial charge in [-0.1, -0.05) is 17.2 Å². The summed E-state index contributed by atoms with van der Waals surface area (Å²) in [5, 5.41) is 0.453. The number of carbonyl (C=O) groups is 4. The van der Waals surface area contributed by atoms with Crippen LogP contribution in [-0.4, -0.2) is 35.4 Å². The predicted octanol–water partition coefficient (Wildman–Crippen LogP) is 1.31. The summed E-state index contributed by atoms with van der Waals surface area (Å²) < 4.78 is 5.35. The van der Waals surface area contributed by atoms with Gasteiger partial charge in [-0.15, -0.1) is 0 Å². The molecule has 0 saturated heterocycles. The molecule has 0 unspecified atom stereocenters. The molecule has 1 aliphatic heterocycles. The number of imide groups is 1. The van der Waals surface area contributed by atoms with Gasteiger partial charge in [-0.2, -0.15) is 0 Å². The summed E-state index contributed by atoms with van der Waals surface area (Å²) in [7, 11) is 0. The summed E-state index contributed by atoms with van der Waals surface area (Å²) in [6, 6.07) is 12.3. The van der Waals surface area contributed by atoms with E-state index in [1.165, 1.54) is 36.4 Å². The highest BCUT2D eigenvalue weighted by Gasteiger charge is 2.38. The molecule has 26 heavy (non-hydrogen) atoms. The van der Waals surface area contributed by atoms with E-state index in [-0.39, 0.29) is 24.2 Å². The van der Waals surface area contributed by atoms with E-state index in [1.807, 2.05) is 0 Å². The molecule has 2 aromatic carbocycles. The van der Waals surface area contributed by atoms with E-state index in [9.17, 15) is 19.2 Å². The summed E-state index contributed by atoms with van der Waals surface area (Å²) in [5.41, 5.74) is 5.85. The van der Waals surface area contributed by atoms with Gasteiger partial charge in [0.1, 0.15) is 5.75 Å². The van der Waals surface area contributed by atoms with Crippen molar-refractivity contribution >= 4 is 23.7 Å². The first-order valence-electron chi connectivity index (χ1n) is 7.68. The Morgan fingerprint density at radius 1 is 0.923 bits per heavy atom. The molecule has 0 radical (unpaired) electrons. The zero-order valence-electron chi connectivity index (χ0n) is 13.5. The molecule has 2 N–H and O–H groups in total. The van der Waals surface area contributed by atoms with Crippen molar-refractivity contribution in [3.05, 3.63) is 65.2 Å². The van der Waals surface area contributed by atoms with E-state index in [2.05, 4.69) is 0 Å². The monoisotopic (exact) mass is 354 g/mol. The lowest BCUT2D eigenvalue weighted by molar-refractivity contribution is -0.169. The third-order valence-electron chi connectivity index (χ3n) is 3.66. The minimum absolute atomic E-state index is 0.0298. The van der Waals surface area contributed by atoms with E-state index >= 15 is 0 Å². The summed E-state index contributed by atoms with van der Waals surface area (Å²) in [4.78, 5) is 51.9. The van der Waals surface area contributed by atoms with Crippen molar-refractivity contribution in [2.75, 3.05) is 6.61 Å². The Kier molecular flexibility index (Phi) is 4.66. The second kappa shape index (κ2) is 7.06. The fourth-order valence-corrected chi connectivity index (χ4v) is 2.37. The maximum atomic E-state index is 12.1. The van der Waals surface area contributed by atoms with E-state index in [0.29, 0.717) is 16.4 Å². The van der Waals surface area contributed by atoms with Crippen LogP contribution in [0.2, 0.25) is 0 Å². The van der Waals surface area contributed by atoms with Crippen LogP contribution in [0.15, 0.2) is 48.5 Å². The van der Waals surface area contributed by atoms with Crippen LogP contribution in [-0.2, 0) is 9.63 Å². The molecule has 0 atom stereocenters. The molecule has 1 heterocycles. The van der Waals surface area contributed by atoms with Gasteiger partial charge in [-0.25, -0.2) is 4.79 Å². The molecule has 0 aromatic heterocycles. The first-order valence-corrected chi connectivity index (χ1v) is 7.68. The van der Waals surface area contributed by atoms with Crippen LogP contribution in [0.4, 0.5) is 0 Å². The topological polar surface area (TPSA) is 116 Å². The average Bonchev–Trinajstić information content (AvgIpc) is 2.87. The van der Waals surface area contributed by atoms with E-state index in [4.69, 9.17) is 15.3 Å². The Bertz CT molecular complexity index is 856. The summed E-state index contributed by atoms with van der Waals surface area (Å²) in [5.74, 6) is -2.26. The molecule has 0 bridgehead atoms. The summed E-state index contributed by atoms with van der Waals surface area (Å²) in [6.45, 7) is -0.0298. The smallest absolute Gasteiger partial charge is 0.336 e. The number of ether oxygens (including phenoxy) is 1. The van der Waals surface area contributed by atoms with Crippen LogP contribution in [0.25, 0.3) is 0 Å². The molecule has 3 rings (SSSR count). The molecule has 0 aliphatic carbocycles. The van der Waals surface area contributed by atoms with Gasteiger partial charge >= 0.3 is 5.97 Å². The number of nitrogens with zero attached hydrogens (tertiary/aromatic N) is 1. The normalized spacial score (nSPS) is 12.7. The minimum atomic E-state index is -0.784. The van der Waals surface area contributed by atoms with Crippen molar-refractivity contribution in [2.24, 2.45) is 5.73 Å². The number of carbonyl (C=O) groups excluding carboxylic acids is 4. The summed E-state index contributed by atoms with van der Waals surface area (Å²) in [6.07, 6.45) is -0.176. The number of fused-ring (bicyclic) bond motifs is 1. The van der Waals surface area contributed by atoms with Crippen molar-refractivity contribution in [2.45, 2.75) is 6.42 Å². The lowest BCUT2D eigenvalue weighted by atomic mass is 10.1. The van der Waals surface area contributed by atoms with Crippen LogP contribution in [0.3, 0.4) is 0 Å². The minimum Gasteiger partial charge on any atom is -0.493 e. The standard InChI is InChI=1S/C18H14N2O6/c19-16(22)11-5-7-12(8-6-11)25-10-9-15(21)26-20-17(23)13-3-1-2-4-14(13)18(20)24/h1-8H,9-10H2,(H2,19,22). The number of nitrogens with two attached hydrogens (primary N) is 1. The number of hydrogen-bond donors (Lipinski definition) is 1. The second-order valence-electron chi connectivity index (χ2n) is 5.40. The number of amides is 3. The van der Waals surface area contributed by atoms with Crippen LogP contribution in [0.1, 0.15) is 37.5 Å². The molecule has 132 valence electrons. The highest BCUT2D eigenvalue weighted by molar-refractivity contribution is 6.20. The predicted molar refractivity (Wildman–Crippen MR) is 88.1 cm³/mol. The number of rotatable bonds is 6. The highest BCUT2D eigenvalue weighted by Crippen LogP contribution is 2.22. The van der Waals surface area contributed by atoms with Crippen molar-refractivity contribution in [3.8, 4) is 5.75 Å². The van der Waals surface area contributed by atoms with Gasteiger partial charge in [0.15, 0.2) is 0 Å². The molecule has 2 aromatic rings. The van der Waals surface area contributed by atoms with Crippen molar-refractivity contribution in [1.29, 1.82) is 0 Å². The van der Waals surface area contributed by atoms with Gasteiger partial charge in [0.2, 0.25) is 5.91 Å². The first-order chi connectivity index (χ1) is 12.5. The van der Waals surface area contributed by atoms with E-state index in [0.717, 1.165) is 0 Å². The number of benzene rings is 2. The van der Waals surface area contributed by atoms with E-state index in [1.54, 1.807) is 12.1 Å². The number of hydrogen-bond acceptors (Lipinski definition) is 6. The fourth-order valence-electron chi connectivity index (χ4n) is 2.37. The Hall–Kier alpha value is -3.68. The molecule has 1 aliphatic rings. The van der Waals surface area contributed by atoms with Crippen LogP contribution in [0, 0.1) is 0 Å². The molecule has 8 heteroatoms. The summed E-state index contributed by atoms with van der Waals surface area (Å²) >= 11 is 0. The lowest BCUT2D eigenvalue weighted by Crippen LogP contribution is -2.33. The maximum Gasteiger partial charge on any atom is 0.336 e. The van der Waals surface area contributed by atoms with Gasteiger partial charge in [0, 0.05) is 5.56 Å². The van der Waals surface area contributed by atoms with Crippen molar-refractivity contribution < 1.29 is 28.8 Å². The fraction of sp³-hybridized carbons (Fsp3) is 0.111. The third-order valence-corrected chi connectivity index (χ3v) is 3.66. The number of hydroxylamine groups is 2. The molecular formula is C18H14N2O6. The Labute approximate surface area is 148 Å². The quantitative estimate of drug-likeness (QED) is 0.782. The van der Waals surface area contributed by atoms with Crippen molar-refractivity contribution in [3.63, 3.8) is 0 Å². The molecular weight excluding hydrogens is 340 g/mol. The Morgan fingerprint density at radius 3 is 2.04 bits per heavy atom. The Morgan fingerprint density at radius 2 is 1.50 bits per heavy atom. The third kappa shape index (κ3) is 3.39. The molecule has 0 saturated carbocycles. The number of primary amides is 1. The second-order valence-corrected chi connectivity index (χ2v) is 5.40. The van der Waals surface area contributed by atoms with Crippen molar-refractivity contribution in [1.82, 2.24) is 5.06 Å². The SMILES string of the molecule is NC(=O)c1ccc(OCCC(=O)ON2C(=O)c3ccccc3C2=O)cc1. The zero-order chi connectivity index (χ0) is 18.7. The average molecular weight is 354 g/mol. The van der Waals surface area contributed by atoms with Crippen LogP contribution < -0.4 is 10.5 Å². The van der Waals surface area contributed by atoms with Gasteiger partial charge in [-0.05, 0) is 36.4 Å². The van der Waals surface area contributed by atoms with Gasteiger partial charge in [-0.3, -0.25) is 14.4 Å². The Balaban J connectivity index is 1.51. The maximum absolute atomic E-state index is 12.1. The highest BCUT2D eigenvalue weighted by atomic mass is 16.7. The van der Waals surface area contributed by atoms with Gasteiger partial charge in [0.05, 0.1) is 24.2 Å². The van der Waals surface area contributed by atoms with Gasteiger partial charge in [0.25, 0.3) is 11.8 Å². The molecule has 3 amide bonds. The largest absolute Gasteiger partial charge is 0.493 e. The van der Waals surface area contributed by atoms with E-state index < -0.39 is 23.7 Å². The lowest BCUT2D eigenvalue weighted by Gasteiger charge is -2.13. The molecule has 0 spiro atoms. The van der Waals surface area contributed by atoms with Crippen LogP contribution in [0.5, 0.6) is 5.75 Å². The van der Waals surface area contributed by atoms with Crippen LogP contribution >= 0.6 is 0 Å². The van der Waals surface area contributed by atoms with Gasteiger partial charge < -0.3 is 15.3 Å². The zero-order valence-corrected chi connectivity index (χ0v) is 13.5.